The first-order valence-electron chi connectivity index (χ1n) is 10.7. The monoisotopic (exact) mass is 518 g/mol. The number of hydrogen-bond donors (Lipinski definition) is 1. The summed E-state index contributed by atoms with van der Waals surface area (Å²) in [4.78, 5) is 12.7. The normalized spacial score (nSPS) is 11.0. The molecule has 0 saturated carbocycles. The number of halogens is 1. The van der Waals surface area contributed by atoms with Gasteiger partial charge in [0.05, 0.1) is 31.3 Å². The Morgan fingerprint density at radius 2 is 1.63 bits per heavy atom. The molecule has 1 amide bonds. The van der Waals surface area contributed by atoms with Crippen molar-refractivity contribution in [2.75, 3.05) is 38.2 Å². The number of nitrogens with zero attached hydrogens (tertiary/aromatic N) is 1. The first-order valence-corrected chi connectivity index (χ1v) is 12.5. The standard InChI is InChI=1S/C25H27ClN2O6S/c1-18-6-4-5-7-22(18)34-15-14-27-25(29)17-28(20-10-8-19(26)9-11-20)35(30,31)21-12-13-23(32-2)24(16-21)33-3/h4-13,16H,14-15,17H2,1-3H3,(H,27,29). The van der Waals surface area contributed by atoms with Crippen molar-refractivity contribution in [3.63, 3.8) is 0 Å². The number of sulfonamides is 1. The number of nitrogens with one attached hydrogen (secondary N) is 1. The fraction of sp³-hybridized carbons (Fsp3) is 0.240. The number of rotatable bonds is 11. The van der Waals surface area contributed by atoms with Crippen LogP contribution < -0.4 is 23.8 Å². The SMILES string of the molecule is COc1ccc(S(=O)(=O)N(CC(=O)NCCOc2ccccc2C)c2ccc(Cl)cc2)cc1OC. The van der Waals surface area contributed by atoms with Gasteiger partial charge in [-0.15, -0.1) is 0 Å². The molecule has 0 aliphatic carbocycles. The van der Waals surface area contributed by atoms with Crippen LogP contribution in [0.5, 0.6) is 17.2 Å². The molecule has 0 heterocycles. The number of anilines is 1. The molecule has 0 aliphatic rings. The van der Waals surface area contributed by atoms with Gasteiger partial charge in [-0.25, -0.2) is 8.42 Å². The maximum atomic E-state index is 13.6. The molecule has 0 aliphatic heterocycles. The Hall–Kier alpha value is -3.43. The van der Waals surface area contributed by atoms with Crippen molar-refractivity contribution >= 4 is 33.2 Å². The molecule has 0 aromatic heterocycles. The van der Waals surface area contributed by atoms with Crippen molar-refractivity contribution in [1.29, 1.82) is 0 Å². The predicted molar refractivity (Wildman–Crippen MR) is 135 cm³/mol. The van der Waals surface area contributed by atoms with Crippen molar-refractivity contribution in [2.24, 2.45) is 0 Å². The Bertz CT molecular complexity index is 1270. The van der Waals surface area contributed by atoms with E-state index in [1.807, 2.05) is 31.2 Å². The fourth-order valence-electron chi connectivity index (χ4n) is 3.28. The van der Waals surface area contributed by atoms with Gasteiger partial charge >= 0.3 is 0 Å². The zero-order valence-electron chi connectivity index (χ0n) is 19.7. The molecule has 1 N–H and O–H groups in total. The lowest BCUT2D eigenvalue weighted by atomic mass is 10.2. The van der Waals surface area contributed by atoms with Gasteiger partial charge in [0.15, 0.2) is 11.5 Å². The molecule has 0 radical (unpaired) electrons. The van der Waals surface area contributed by atoms with E-state index in [1.54, 1.807) is 12.1 Å². The van der Waals surface area contributed by atoms with E-state index in [9.17, 15) is 13.2 Å². The van der Waals surface area contributed by atoms with Gasteiger partial charge in [0.1, 0.15) is 18.9 Å². The summed E-state index contributed by atoms with van der Waals surface area (Å²) >= 11 is 5.98. The molecule has 186 valence electrons. The van der Waals surface area contributed by atoms with Crippen LogP contribution in [0.3, 0.4) is 0 Å². The summed E-state index contributed by atoms with van der Waals surface area (Å²) < 4.78 is 44.3. The third-order valence-corrected chi connectivity index (χ3v) is 7.14. The molecule has 35 heavy (non-hydrogen) atoms. The van der Waals surface area contributed by atoms with Crippen molar-refractivity contribution in [2.45, 2.75) is 11.8 Å². The first kappa shape index (κ1) is 26.2. The summed E-state index contributed by atoms with van der Waals surface area (Å²) in [7, 11) is -1.26. The molecule has 3 aromatic carbocycles. The highest BCUT2D eigenvalue weighted by molar-refractivity contribution is 7.92. The summed E-state index contributed by atoms with van der Waals surface area (Å²) in [5, 5.41) is 3.15. The molecule has 8 nitrogen and oxygen atoms in total. The molecule has 3 aromatic rings. The number of para-hydroxylation sites is 1. The Morgan fingerprint density at radius 1 is 0.943 bits per heavy atom. The number of benzene rings is 3. The molecule has 0 unspecified atom stereocenters. The Labute approximate surface area is 210 Å². The Balaban J connectivity index is 1.78. The quantitative estimate of drug-likeness (QED) is 0.385. The Kier molecular flexibility index (Phi) is 8.84. The first-order chi connectivity index (χ1) is 16.8. The van der Waals surface area contributed by atoms with Gasteiger partial charge in [-0.1, -0.05) is 29.8 Å². The molecule has 0 bridgehead atoms. The van der Waals surface area contributed by atoms with E-state index < -0.39 is 22.5 Å². The second-order valence-corrected chi connectivity index (χ2v) is 9.77. The number of carbonyl (C=O) groups is 1. The molecule has 0 spiro atoms. The van der Waals surface area contributed by atoms with E-state index in [-0.39, 0.29) is 29.5 Å². The van der Waals surface area contributed by atoms with Gasteiger partial charge in [-0.2, -0.15) is 0 Å². The van der Waals surface area contributed by atoms with E-state index in [4.69, 9.17) is 25.8 Å². The minimum atomic E-state index is -4.14. The largest absolute Gasteiger partial charge is 0.493 e. The van der Waals surface area contributed by atoms with E-state index in [1.165, 1.54) is 44.6 Å². The van der Waals surface area contributed by atoms with Crippen molar-refractivity contribution in [3.8, 4) is 17.2 Å². The summed E-state index contributed by atoms with van der Waals surface area (Å²) in [5.74, 6) is 0.872. The zero-order valence-corrected chi connectivity index (χ0v) is 21.2. The fourth-order valence-corrected chi connectivity index (χ4v) is 4.85. The highest BCUT2D eigenvalue weighted by atomic mass is 35.5. The maximum absolute atomic E-state index is 13.6. The summed E-state index contributed by atoms with van der Waals surface area (Å²) in [5.41, 5.74) is 1.27. The number of ether oxygens (including phenoxy) is 3. The van der Waals surface area contributed by atoms with Gasteiger partial charge in [0.25, 0.3) is 10.0 Å². The maximum Gasteiger partial charge on any atom is 0.264 e. The molecular weight excluding hydrogens is 492 g/mol. The average molecular weight is 519 g/mol. The zero-order chi connectivity index (χ0) is 25.4. The van der Waals surface area contributed by atoms with Gasteiger partial charge in [-0.3, -0.25) is 9.10 Å². The lowest BCUT2D eigenvalue weighted by molar-refractivity contribution is -0.119. The molecular formula is C25H27ClN2O6S. The predicted octanol–water partition coefficient (Wildman–Crippen LogP) is 4.06. The summed E-state index contributed by atoms with van der Waals surface area (Å²) in [6.45, 7) is 1.93. The van der Waals surface area contributed by atoms with E-state index in [0.29, 0.717) is 10.8 Å². The topological polar surface area (TPSA) is 94.2 Å². The highest BCUT2D eigenvalue weighted by Gasteiger charge is 2.28. The third kappa shape index (κ3) is 6.58. The molecule has 0 saturated heterocycles. The van der Waals surface area contributed by atoms with Crippen LogP contribution in [-0.4, -0.2) is 48.2 Å². The van der Waals surface area contributed by atoms with Crippen LogP contribution in [0.4, 0.5) is 5.69 Å². The molecule has 3 rings (SSSR count). The number of hydrogen-bond acceptors (Lipinski definition) is 6. The summed E-state index contributed by atoms with van der Waals surface area (Å²) in [6, 6.07) is 18.0. The van der Waals surface area contributed by atoms with Crippen LogP contribution >= 0.6 is 11.6 Å². The number of aryl methyl sites for hydroxylation is 1. The van der Waals surface area contributed by atoms with Crippen LogP contribution in [0.15, 0.2) is 71.6 Å². The summed E-state index contributed by atoms with van der Waals surface area (Å²) in [6.07, 6.45) is 0. The van der Waals surface area contributed by atoms with Gasteiger partial charge < -0.3 is 19.5 Å². The van der Waals surface area contributed by atoms with Crippen molar-refractivity contribution < 1.29 is 27.4 Å². The number of carbonyl (C=O) groups excluding carboxylic acids is 1. The van der Waals surface area contributed by atoms with Crippen molar-refractivity contribution in [1.82, 2.24) is 5.32 Å². The lowest BCUT2D eigenvalue weighted by Gasteiger charge is -2.24. The lowest BCUT2D eigenvalue weighted by Crippen LogP contribution is -2.41. The number of methoxy groups -OCH3 is 2. The molecule has 0 atom stereocenters. The average Bonchev–Trinajstić information content (AvgIpc) is 2.86. The van der Waals surface area contributed by atoms with Gasteiger partial charge in [-0.05, 0) is 55.0 Å². The van der Waals surface area contributed by atoms with Gasteiger partial charge in [0.2, 0.25) is 5.91 Å². The van der Waals surface area contributed by atoms with E-state index >= 15 is 0 Å². The highest BCUT2D eigenvalue weighted by Crippen LogP contribution is 2.32. The second kappa shape index (κ2) is 11.8. The van der Waals surface area contributed by atoms with Crippen molar-refractivity contribution in [3.05, 3.63) is 77.3 Å². The van der Waals surface area contributed by atoms with Crippen LogP contribution in [0.25, 0.3) is 0 Å². The van der Waals surface area contributed by atoms with E-state index in [0.717, 1.165) is 15.6 Å². The number of amides is 1. The van der Waals surface area contributed by atoms with Gasteiger partial charge in [0, 0.05) is 11.1 Å². The minimum absolute atomic E-state index is 0.0548. The minimum Gasteiger partial charge on any atom is -0.493 e. The molecule has 10 heteroatoms. The third-order valence-electron chi connectivity index (χ3n) is 5.12. The van der Waals surface area contributed by atoms with Crippen LogP contribution in [0, 0.1) is 6.92 Å². The smallest absolute Gasteiger partial charge is 0.264 e. The second-order valence-electron chi connectivity index (χ2n) is 7.47. The van der Waals surface area contributed by atoms with Crippen LogP contribution in [-0.2, 0) is 14.8 Å². The van der Waals surface area contributed by atoms with Crippen LogP contribution in [0.2, 0.25) is 5.02 Å². The Morgan fingerprint density at radius 3 is 2.29 bits per heavy atom. The van der Waals surface area contributed by atoms with E-state index in [2.05, 4.69) is 5.32 Å². The molecule has 0 fully saturated rings. The van der Waals surface area contributed by atoms with Crippen LogP contribution in [0.1, 0.15) is 5.56 Å².